The van der Waals surface area contributed by atoms with Crippen LogP contribution >= 0.6 is 0 Å². The fraction of sp³-hybridized carbons (Fsp3) is 0.812. The van der Waals surface area contributed by atoms with Crippen LogP contribution in [0.15, 0.2) is 4.99 Å². The first-order chi connectivity index (χ1) is 12.0. The summed E-state index contributed by atoms with van der Waals surface area (Å²) in [6.07, 6.45) is 1.33. The van der Waals surface area contributed by atoms with E-state index >= 15 is 0 Å². The molecular formula is C16H31N5O4. The fourth-order valence-corrected chi connectivity index (χ4v) is 2.33. The van der Waals surface area contributed by atoms with Gasteiger partial charge in [0.05, 0.1) is 13.2 Å². The van der Waals surface area contributed by atoms with Gasteiger partial charge >= 0.3 is 6.09 Å². The summed E-state index contributed by atoms with van der Waals surface area (Å²) in [6, 6.07) is 0.189. The van der Waals surface area contributed by atoms with Gasteiger partial charge in [-0.25, -0.2) is 9.79 Å². The van der Waals surface area contributed by atoms with Gasteiger partial charge in [0.2, 0.25) is 5.91 Å². The summed E-state index contributed by atoms with van der Waals surface area (Å²) in [4.78, 5) is 31.0. The zero-order chi connectivity index (χ0) is 18.7. The number of likely N-dealkylation sites (N-methyl/N-ethyl adjacent to an activating group) is 1. The first-order valence-corrected chi connectivity index (χ1v) is 8.63. The van der Waals surface area contributed by atoms with Crippen molar-refractivity contribution in [3.05, 3.63) is 0 Å². The highest BCUT2D eigenvalue weighted by molar-refractivity contribution is 5.85. The van der Waals surface area contributed by atoms with Gasteiger partial charge in [-0.05, 0) is 19.8 Å². The number of hydrogen-bond donors (Lipinski definition) is 2. The lowest BCUT2D eigenvalue weighted by molar-refractivity contribution is -0.127. The van der Waals surface area contributed by atoms with Crippen LogP contribution in [0.25, 0.3) is 0 Å². The molecule has 0 unspecified atom stereocenters. The van der Waals surface area contributed by atoms with E-state index in [1.54, 1.807) is 33.0 Å². The Kier molecular flexibility index (Phi) is 9.68. The molecule has 0 aromatic rings. The third kappa shape index (κ3) is 8.06. The van der Waals surface area contributed by atoms with Crippen LogP contribution in [-0.2, 0) is 14.3 Å². The van der Waals surface area contributed by atoms with Crippen molar-refractivity contribution in [3.8, 4) is 0 Å². The number of guanidine groups is 1. The van der Waals surface area contributed by atoms with Crippen molar-refractivity contribution < 1.29 is 19.1 Å². The number of amides is 2. The predicted octanol–water partition coefficient (Wildman–Crippen LogP) is -0.123. The maximum Gasteiger partial charge on any atom is 0.409 e. The Balaban J connectivity index is 2.52. The molecule has 2 amide bonds. The molecule has 1 saturated heterocycles. The number of methoxy groups -OCH3 is 1. The quantitative estimate of drug-likeness (QED) is 0.375. The zero-order valence-electron chi connectivity index (χ0n) is 15.7. The second-order valence-corrected chi connectivity index (χ2v) is 5.98. The monoisotopic (exact) mass is 357 g/mol. The normalized spacial score (nSPS) is 15.7. The third-order valence-electron chi connectivity index (χ3n) is 3.83. The van der Waals surface area contributed by atoms with E-state index in [1.165, 1.54) is 4.90 Å². The van der Waals surface area contributed by atoms with E-state index in [2.05, 4.69) is 15.6 Å². The maximum atomic E-state index is 11.7. The van der Waals surface area contributed by atoms with Crippen molar-refractivity contribution in [2.75, 3.05) is 60.6 Å². The molecule has 0 aromatic heterocycles. The standard InChI is InChI=1S/C16H31N5O4/c1-5-25-16(23)21-9-6-13(7-10-21)19-15(17-8-11-24-4)18-12-14(22)20(2)3/h13H,5-12H2,1-4H3,(H2,17,18,19). The Bertz CT molecular complexity index is 448. The molecule has 2 N–H and O–H groups in total. The van der Waals surface area contributed by atoms with E-state index < -0.39 is 0 Å². The van der Waals surface area contributed by atoms with Crippen LogP contribution in [0.5, 0.6) is 0 Å². The van der Waals surface area contributed by atoms with Gasteiger partial charge < -0.3 is 29.9 Å². The molecule has 1 rings (SSSR count). The van der Waals surface area contributed by atoms with Gasteiger partial charge in [-0.1, -0.05) is 0 Å². The first-order valence-electron chi connectivity index (χ1n) is 8.63. The van der Waals surface area contributed by atoms with Gasteiger partial charge in [-0.3, -0.25) is 4.79 Å². The second kappa shape index (κ2) is 11.5. The minimum atomic E-state index is -0.260. The maximum absolute atomic E-state index is 11.7. The molecule has 1 heterocycles. The van der Waals surface area contributed by atoms with Crippen molar-refractivity contribution in [3.63, 3.8) is 0 Å². The Hall–Kier alpha value is -2.03. The van der Waals surface area contributed by atoms with Crippen LogP contribution in [0.1, 0.15) is 19.8 Å². The van der Waals surface area contributed by atoms with Gasteiger partial charge in [0.1, 0.15) is 6.54 Å². The molecule has 0 saturated carbocycles. The van der Waals surface area contributed by atoms with E-state index in [-0.39, 0.29) is 24.6 Å². The average molecular weight is 357 g/mol. The molecule has 0 aliphatic carbocycles. The summed E-state index contributed by atoms with van der Waals surface area (Å²) in [7, 11) is 5.04. The summed E-state index contributed by atoms with van der Waals surface area (Å²) in [6.45, 7) is 4.69. The Labute approximate surface area is 149 Å². The van der Waals surface area contributed by atoms with Gasteiger partial charge in [0.15, 0.2) is 5.96 Å². The number of rotatable bonds is 7. The number of ether oxygens (including phenoxy) is 2. The number of nitrogens with zero attached hydrogens (tertiary/aromatic N) is 3. The van der Waals surface area contributed by atoms with Crippen LogP contribution in [0.3, 0.4) is 0 Å². The summed E-state index contributed by atoms with van der Waals surface area (Å²) < 4.78 is 10.1. The van der Waals surface area contributed by atoms with Gasteiger partial charge in [0, 0.05) is 46.9 Å². The molecule has 25 heavy (non-hydrogen) atoms. The largest absolute Gasteiger partial charge is 0.450 e. The lowest BCUT2D eigenvalue weighted by Crippen LogP contribution is -2.50. The van der Waals surface area contributed by atoms with E-state index in [9.17, 15) is 9.59 Å². The number of carbonyl (C=O) groups is 2. The average Bonchev–Trinajstić information content (AvgIpc) is 2.60. The number of hydrogen-bond acceptors (Lipinski definition) is 5. The molecule has 144 valence electrons. The van der Waals surface area contributed by atoms with Crippen LogP contribution in [0.2, 0.25) is 0 Å². The third-order valence-corrected chi connectivity index (χ3v) is 3.83. The highest BCUT2D eigenvalue weighted by atomic mass is 16.6. The molecular weight excluding hydrogens is 326 g/mol. The van der Waals surface area contributed by atoms with Crippen molar-refractivity contribution in [2.45, 2.75) is 25.8 Å². The lowest BCUT2D eigenvalue weighted by atomic mass is 10.1. The number of aliphatic imine (C=N–C) groups is 1. The molecule has 0 atom stereocenters. The van der Waals surface area contributed by atoms with E-state index in [4.69, 9.17) is 9.47 Å². The summed E-state index contributed by atoms with van der Waals surface area (Å²) in [5.41, 5.74) is 0. The zero-order valence-corrected chi connectivity index (χ0v) is 15.7. The van der Waals surface area contributed by atoms with Gasteiger partial charge in [-0.15, -0.1) is 0 Å². The first kappa shape index (κ1) is 21.0. The van der Waals surface area contributed by atoms with Gasteiger partial charge in [0.25, 0.3) is 0 Å². The number of nitrogens with one attached hydrogen (secondary N) is 2. The molecule has 1 aliphatic rings. The number of likely N-dealkylation sites (tertiary alicyclic amines) is 1. The van der Waals surface area contributed by atoms with Crippen molar-refractivity contribution in [1.29, 1.82) is 0 Å². The Morgan fingerprint density at radius 2 is 1.96 bits per heavy atom. The lowest BCUT2D eigenvalue weighted by Gasteiger charge is -2.32. The van der Waals surface area contributed by atoms with Crippen LogP contribution < -0.4 is 10.6 Å². The SMILES string of the molecule is CCOC(=O)N1CCC(NC(=NCC(=O)N(C)C)NCCOC)CC1. The molecule has 0 radical (unpaired) electrons. The van der Waals surface area contributed by atoms with Crippen molar-refractivity contribution in [2.24, 2.45) is 4.99 Å². The van der Waals surface area contributed by atoms with Crippen molar-refractivity contribution in [1.82, 2.24) is 20.4 Å². The van der Waals surface area contributed by atoms with E-state index in [1.807, 2.05) is 0 Å². The fourth-order valence-electron chi connectivity index (χ4n) is 2.33. The number of piperidine rings is 1. The molecule has 1 aliphatic heterocycles. The van der Waals surface area contributed by atoms with Gasteiger partial charge in [-0.2, -0.15) is 0 Å². The smallest absolute Gasteiger partial charge is 0.409 e. The molecule has 0 spiro atoms. The topological polar surface area (TPSA) is 95.5 Å². The molecule has 0 bridgehead atoms. The number of carbonyl (C=O) groups excluding carboxylic acids is 2. The van der Waals surface area contributed by atoms with E-state index in [0.29, 0.717) is 38.8 Å². The summed E-state index contributed by atoms with van der Waals surface area (Å²) >= 11 is 0. The summed E-state index contributed by atoms with van der Waals surface area (Å²) in [5.74, 6) is 0.520. The van der Waals surface area contributed by atoms with Crippen LogP contribution in [0, 0.1) is 0 Å². The van der Waals surface area contributed by atoms with E-state index in [0.717, 1.165) is 12.8 Å². The Morgan fingerprint density at radius 1 is 1.28 bits per heavy atom. The Morgan fingerprint density at radius 3 is 2.52 bits per heavy atom. The van der Waals surface area contributed by atoms with Crippen molar-refractivity contribution >= 4 is 18.0 Å². The molecule has 9 nitrogen and oxygen atoms in total. The van der Waals surface area contributed by atoms with Crippen LogP contribution in [0.4, 0.5) is 4.79 Å². The highest BCUT2D eigenvalue weighted by Gasteiger charge is 2.24. The minimum Gasteiger partial charge on any atom is -0.450 e. The molecule has 1 fully saturated rings. The molecule has 0 aromatic carbocycles. The molecule has 9 heteroatoms. The predicted molar refractivity (Wildman–Crippen MR) is 95.6 cm³/mol. The van der Waals surface area contributed by atoms with Crippen LogP contribution in [-0.4, -0.2) is 94.4 Å². The highest BCUT2D eigenvalue weighted by Crippen LogP contribution is 2.11. The minimum absolute atomic E-state index is 0.0648. The second-order valence-electron chi connectivity index (χ2n) is 5.98. The summed E-state index contributed by atoms with van der Waals surface area (Å²) in [5, 5.41) is 6.49.